The van der Waals surface area contributed by atoms with Crippen molar-refractivity contribution in [3.05, 3.63) is 54.6 Å². The lowest BCUT2D eigenvalue weighted by Gasteiger charge is -2.32. The van der Waals surface area contributed by atoms with E-state index in [1.807, 2.05) is 36.4 Å². The number of para-hydroxylation sites is 1. The molecule has 1 amide bonds. The molecule has 4 rings (SSSR count). The quantitative estimate of drug-likeness (QED) is 0.356. The van der Waals surface area contributed by atoms with E-state index in [2.05, 4.69) is 26.7 Å². The Morgan fingerprint density at radius 2 is 2.00 bits per heavy atom. The van der Waals surface area contributed by atoms with E-state index in [0.717, 1.165) is 54.1 Å². The molecule has 1 aliphatic rings. The van der Waals surface area contributed by atoms with E-state index in [1.165, 1.54) is 18.0 Å². The van der Waals surface area contributed by atoms with Crippen molar-refractivity contribution < 1.29 is 18.8 Å². The smallest absolute Gasteiger partial charge is 0.243 e. The number of carbonyl (C=O) groups excluding carboxylic acids is 1. The van der Waals surface area contributed by atoms with Crippen molar-refractivity contribution in [2.24, 2.45) is 0 Å². The number of likely N-dealkylation sites (tertiary alicyclic amines) is 1. The molecule has 1 aromatic heterocycles. The summed E-state index contributed by atoms with van der Waals surface area (Å²) in [6.45, 7) is 6.09. The highest BCUT2D eigenvalue weighted by atomic mass is 32.2. The van der Waals surface area contributed by atoms with Crippen LogP contribution in [0.1, 0.15) is 18.4 Å². The van der Waals surface area contributed by atoms with Crippen LogP contribution in [0.15, 0.2) is 58.5 Å². The van der Waals surface area contributed by atoms with Gasteiger partial charge in [-0.1, -0.05) is 23.9 Å². The topological polar surface area (TPSA) is 88.9 Å². The van der Waals surface area contributed by atoms with Crippen LogP contribution in [0.25, 0.3) is 11.0 Å². The number of nitrogens with one attached hydrogen (secondary N) is 2. The number of aromatic nitrogens is 1. The molecule has 2 heterocycles. The highest BCUT2D eigenvalue weighted by Crippen LogP contribution is 2.37. The number of rotatable bonds is 9. The highest BCUT2D eigenvalue weighted by Gasteiger charge is 2.22. The van der Waals surface area contributed by atoms with Crippen molar-refractivity contribution in [3.8, 4) is 11.5 Å². The number of benzene rings is 2. The number of ether oxygens (including phenoxy) is 2. The lowest BCUT2D eigenvalue weighted by molar-refractivity contribution is -0.117. The van der Waals surface area contributed by atoms with Gasteiger partial charge in [0, 0.05) is 25.7 Å². The Bertz CT molecular complexity index is 1120. The Morgan fingerprint density at radius 3 is 2.73 bits per heavy atom. The molecular weight excluding hydrogens is 440 g/mol. The Kier molecular flexibility index (Phi) is 7.41. The summed E-state index contributed by atoms with van der Waals surface area (Å²) < 4.78 is 20.0. The fraction of sp³-hybridized carbons (Fsp3) is 0.333. The zero-order valence-corrected chi connectivity index (χ0v) is 19.6. The minimum absolute atomic E-state index is 0.109. The Morgan fingerprint density at radius 1 is 1.24 bits per heavy atom. The van der Waals surface area contributed by atoms with Crippen LogP contribution < -0.4 is 19.5 Å². The van der Waals surface area contributed by atoms with Gasteiger partial charge >= 0.3 is 0 Å². The number of nitrogens with zero attached hydrogens (tertiary/aromatic N) is 2. The summed E-state index contributed by atoms with van der Waals surface area (Å²) in [5.74, 6) is 1.98. The number of hydrogen-bond donors (Lipinski definition) is 2. The van der Waals surface area contributed by atoms with E-state index in [0.29, 0.717) is 17.2 Å². The summed E-state index contributed by atoms with van der Waals surface area (Å²) in [7, 11) is 3.30. The molecule has 2 aromatic carbocycles. The van der Waals surface area contributed by atoms with Crippen LogP contribution in [0.5, 0.6) is 11.5 Å². The first-order chi connectivity index (χ1) is 16.1. The molecule has 0 unspecified atom stereocenters. The van der Waals surface area contributed by atoms with E-state index in [9.17, 15) is 4.79 Å². The van der Waals surface area contributed by atoms with E-state index in [4.69, 9.17) is 14.0 Å². The van der Waals surface area contributed by atoms with Gasteiger partial charge in [-0.15, -0.1) is 0 Å². The number of hydrogen-bond acceptors (Lipinski definition) is 8. The van der Waals surface area contributed by atoms with Crippen molar-refractivity contribution in [2.45, 2.75) is 30.3 Å². The number of fused-ring (bicyclic) bond motifs is 1. The van der Waals surface area contributed by atoms with Crippen molar-refractivity contribution in [1.82, 2.24) is 15.4 Å². The number of amides is 1. The van der Waals surface area contributed by atoms with E-state index < -0.39 is 0 Å². The summed E-state index contributed by atoms with van der Waals surface area (Å²) >= 11 is 1.40. The third-order valence-electron chi connectivity index (χ3n) is 5.67. The van der Waals surface area contributed by atoms with Gasteiger partial charge in [0.15, 0.2) is 11.4 Å². The number of methoxy groups -OCH3 is 2. The zero-order chi connectivity index (χ0) is 23.2. The molecule has 2 N–H and O–H groups in total. The highest BCUT2D eigenvalue weighted by molar-refractivity contribution is 8.00. The van der Waals surface area contributed by atoms with E-state index in [-0.39, 0.29) is 11.9 Å². The molecule has 3 aromatic rings. The number of anilines is 1. The fourth-order valence-corrected chi connectivity index (χ4v) is 4.72. The molecular formula is C24H28N4O4S. The van der Waals surface area contributed by atoms with Gasteiger partial charge in [-0.25, -0.2) is 0 Å². The van der Waals surface area contributed by atoms with Gasteiger partial charge in [-0.2, -0.15) is 0 Å². The Labute approximate surface area is 197 Å². The largest absolute Gasteiger partial charge is 0.496 e. The van der Waals surface area contributed by atoms with Gasteiger partial charge in [0.2, 0.25) is 5.91 Å². The van der Waals surface area contributed by atoms with Crippen molar-refractivity contribution in [1.29, 1.82) is 0 Å². The van der Waals surface area contributed by atoms with Gasteiger partial charge in [0.25, 0.3) is 0 Å². The maximum atomic E-state index is 11.5. The molecule has 1 fully saturated rings. The third-order valence-corrected chi connectivity index (χ3v) is 6.52. The predicted octanol–water partition coefficient (Wildman–Crippen LogP) is 4.23. The minimum Gasteiger partial charge on any atom is -0.496 e. The standard InChI is InChI=1S/C24H28N4O4S/c1-4-22(29)25-17-9-11-28(12-10-17)15-16-13-19(31-3)23-20(14-16)32-26-24(23)27-33-21-8-6-5-7-18(21)30-2/h4-8,13-14,17H,1,9-12,15H2,2-3H3,(H,25,29)(H,26,27). The maximum absolute atomic E-state index is 11.5. The number of piperidine rings is 1. The summed E-state index contributed by atoms with van der Waals surface area (Å²) in [5, 5.41) is 8.00. The molecule has 8 nitrogen and oxygen atoms in total. The molecule has 1 saturated heterocycles. The lowest BCUT2D eigenvalue weighted by Crippen LogP contribution is -2.43. The van der Waals surface area contributed by atoms with Crippen molar-refractivity contribution in [3.63, 3.8) is 0 Å². The molecule has 0 bridgehead atoms. The monoisotopic (exact) mass is 468 g/mol. The average Bonchev–Trinajstić information content (AvgIpc) is 3.26. The lowest BCUT2D eigenvalue weighted by atomic mass is 10.0. The first-order valence-electron chi connectivity index (χ1n) is 10.8. The van der Waals surface area contributed by atoms with Crippen LogP contribution in [0.3, 0.4) is 0 Å². The second-order valence-corrected chi connectivity index (χ2v) is 8.67. The van der Waals surface area contributed by atoms with Gasteiger partial charge in [0.05, 0.1) is 19.1 Å². The summed E-state index contributed by atoms with van der Waals surface area (Å²) in [6.07, 6.45) is 3.15. The molecule has 0 spiro atoms. The Balaban J connectivity index is 1.44. The molecule has 1 aliphatic heterocycles. The number of carbonyl (C=O) groups is 1. The first-order valence-corrected chi connectivity index (χ1v) is 11.6. The normalized spacial score (nSPS) is 14.7. The molecule has 0 radical (unpaired) electrons. The SMILES string of the molecule is C=CC(=O)NC1CCN(Cc2cc(OC)c3c(NSc4ccccc4OC)noc3c2)CC1. The van der Waals surface area contributed by atoms with Gasteiger partial charge in [-0.3, -0.25) is 9.69 Å². The summed E-state index contributed by atoms with van der Waals surface area (Å²) in [5.41, 5.74) is 1.76. The van der Waals surface area contributed by atoms with Crippen LogP contribution in [0.2, 0.25) is 0 Å². The van der Waals surface area contributed by atoms with Crippen LogP contribution in [0.4, 0.5) is 5.82 Å². The zero-order valence-electron chi connectivity index (χ0n) is 18.8. The van der Waals surface area contributed by atoms with Gasteiger partial charge in [-0.05, 0) is 60.7 Å². The first kappa shape index (κ1) is 23.0. The van der Waals surface area contributed by atoms with Crippen LogP contribution in [-0.2, 0) is 11.3 Å². The van der Waals surface area contributed by atoms with Crippen LogP contribution >= 0.6 is 11.9 Å². The van der Waals surface area contributed by atoms with E-state index >= 15 is 0 Å². The second-order valence-electron chi connectivity index (χ2n) is 7.82. The molecule has 9 heteroatoms. The van der Waals surface area contributed by atoms with Crippen LogP contribution in [0, 0.1) is 0 Å². The Hall–Kier alpha value is -3.17. The average molecular weight is 469 g/mol. The molecule has 33 heavy (non-hydrogen) atoms. The molecule has 0 aliphatic carbocycles. The predicted molar refractivity (Wildman–Crippen MR) is 130 cm³/mol. The molecule has 174 valence electrons. The van der Waals surface area contributed by atoms with Gasteiger partial charge in [0.1, 0.15) is 16.9 Å². The van der Waals surface area contributed by atoms with Crippen LogP contribution in [-0.4, -0.2) is 49.3 Å². The second kappa shape index (κ2) is 10.6. The maximum Gasteiger partial charge on any atom is 0.243 e. The van der Waals surface area contributed by atoms with E-state index in [1.54, 1.807) is 14.2 Å². The molecule has 0 saturated carbocycles. The van der Waals surface area contributed by atoms with Crippen molar-refractivity contribution in [2.75, 3.05) is 32.0 Å². The fourth-order valence-electron chi connectivity index (χ4n) is 3.97. The van der Waals surface area contributed by atoms with Crippen molar-refractivity contribution >= 4 is 34.6 Å². The third kappa shape index (κ3) is 5.43. The summed E-state index contributed by atoms with van der Waals surface area (Å²) in [6, 6.07) is 12.0. The summed E-state index contributed by atoms with van der Waals surface area (Å²) in [4.78, 5) is 14.8. The minimum atomic E-state index is -0.109. The molecule has 0 atom stereocenters. The van der Waals surface area contributed by atoms with Gasteiger partial charge < -0.3 is 24.0 Å².